The number of nitriles is 1. The molecular formula is C11H9ClFNO2. The Hall–Kier alpha value is -1.60. The molecule has 0 radical (unpaired) electrons. The van der Waals surface area contributed by atoms with Gasteiger partial charge in [0.25, 0.3) is 0 Å². The number of hydrogen-bond donors (Lipinski definition) is 0. The number of hydrogen-bond acceptors (Lipinski definition) is 3. The summed E-state index contributed by atoms with van der Waals surface area (Å²) in [6.07, 6.45) is -0.256. The molecule has 84 valence electrons. The Morgan fingerprint density at radius 2 is 2.31 bits per heavy atom. The summed E-state index contributed by atoms with van der Waals surface area (Å²) in [6.45, 7) is 0. The van der Waals surface area contributed by atoms with Gasteiger partial charge in [-0.3, -0.25) is 4.79 Å². The number of esters is 1. The van der Waals surface area contributed by atoms with E-state index in [9.17, 15) is 9.18 Å². The summed E-state index contributed by atoms with van der Waals surface area (Å²) >= 11 is 5.55. The van der Waals surface area contributed by atoms with Crippen molar-refractivity contribution in [2.45, 2.75) is 12.3 Å². The summed E-state index contributed by atoms with van der Waals surface area (Å²) in [5.74, 6) is -1.08. The number of carbonyl (C=O) groups excluding carboxylic acids is 1. The third-order valence-corrected chi connectivity index (χ3v) is 2.39. The molecule has 1 rings (SSSR count). The molecule has 16 heavy (non-hydrogen) atoms. The highest BCUT2D eigenvalue weighted by Gasteiger charge is 2.14. The van der Waals surface area contributed by atoms with Crippen molar-refractivity contribution in [2.24, 2.45) is 0 Å². The molecule has 1 aromatic carbocycles. The maximum atomic E-state index is 13.6. The Balaban J connectivity index is 3.18. The van der Waals surface area contributed by atoms with Crippen LogP contribution < -0.4 is 0 Å². The molecule has 1 aromatic rings. The summed E-state index contributed by atoms with van der Waals surface area (Å²) < 4.78 is 18.0. The third kappa shape index (κ3) is 2.71. The fourth-order valence-corrected chi connectivity index (χ4v) is 1.42. The molecule has 0 fully saturated rings. The third-order valence-electron chi connectivity index (χ3n) is 2.08. The molecule has 0 saturated heterocycles. The Kier molecular flexibility index (Phi) is 4.27. The zero-order valence-corrected chi connectivity index (χ0v) is 9.34. The maximum Gasteiger partial charge on any atom is 0.310 e. The molecule has 0 aliphatic carbocycles. The lowest BCUT2D eigenvalue weighted by Gasteiger charge is -2.06. The first-order valence-corrected chi connectivity index (χ1v) is 5.00. The van der Waals surface area contributed by atoms with E-state index in [2.05, 4.69) is 4.74 Å². The molecule has 0 spiro atoms. The predicted molar refractivity (Wildman–Crippen MR) is 56.4 cm³/mol. The number of nitrogens with zero attached hydrogens (tertiary/aromatic N) is 1. The van der Waals surface area contributed by atoms with Gasteiger partial charge in [0.05, 0.1) is 25.2 Å². The van der Waals surface area contributed by atoms with Gasteiger partial charge >= 0.3 is 5.97 Å². The molecule has 0 aliphatic rings. The van der Waals surface area contributed by atoms with Gasteiger partial charge in [0, 0.05) is 11.4 Å². The van der Waals surface area contributed by atoms with E-state index in [4.69, 9.17) is 16.9 Å². The Bertz CT molecular complexity index is 454. The van der Waals surface area contributed by atoms with Crippen LogP contribution in [0, 0.1) is 17.1 Å². The van der Waals surface area contributed by atoms with Gasteiger partial charge in [0.2, 0.25) is 0 Å². The zero-order valence-electron chi connectivity index (χ0n) is 8.59. The van der Waals surface area contributed by atoms with Gasteiger partial charge in [-0.15, -0.1) is 11.6 Å². The number of carbonyl (C=O) groups is 1. The SMILES string of the molecule is COC(=O)Cc1c(F)cc(CCl)cc1C#N. The molecule has 0 aromatic heterocycles. The molecule has 0 amide bonds. The van der Waals surface area contributed by atoms with Gasteiger partial charge in [0.15, 0.2) is 0 Å². The van der Waals surface area contributed by atoms with E-state index in [0.29, 0.717) is 5.56 Å². The maximum absolute atomic E-state index is 13.6. The van der Waals surface area contributed by atoms with Crippen LogP contribution in [0.5, 0.6) is 0 Å². The molecule has 0 N–H and O–H groups in total. The van der Waals surface area contributed by atoms with Gasteiger partial charge in [-0.1, -0.05) is 0 Å². The fourth-order valence-electron chi connectivity index (χ4n) is 1.27. The van der Waals surface area contributed by atoms with Crippen molar-refractivity contribution < 1.29 is 13.9 Å². The van der Waals surface area contributed by atoms with Crippen LogP contribution in [0.2, 0.25) is 0 Å². The standard InChI is InChI=1S/C11H9ClFNO2/c1-16-11(15)4-9-8(6-14)2-7(5-12)3-10(9)13/h2-3H,4-5H2,1H3. The van der Waals surface area contributed by atoms with Crippen molar-refractivity contribution in [3.05, 3.63) is 34.6 Å². The van der Waals surface area contributed by atoms with Gasteiger partial charge in [-0.05, 0) is 17.7 Å². The lowest BCUT2D eigenvalue weighted by Crippen LogP contribution is -2.08. The lowest BCUT2D eigenvalue weighted by atomic mass is 10.0. The van der Waals surface area contributed by atoms with E-state index >= 15 is 0 Å². The molecule has 0 aliphatic heterocycles. The summed E-state index contributed by atoms with van der Waals surface area (Å²) in [4.78, 5) is 11.0. The largest absolute Gasteiger partial charge is 0.469 e. The van der Waals surface area contributed by atoms with Crippen molar-refractivity contribution in [1.29, 1.82) is 5.26 Å². The van der Waals surface area contributed by atoms with Crippen LogP contribution in [0.1, 0.15) is 16.7 Å². The molecule has 0 unspecified atom stereocenters. The van der Waals surface area contributed by atoms with E-state index in [0.717, 1.165) is 0 Å². The monoisotopic (exact) mass is 241 g/mol. The fraction of sp³-hybridized carbons (Fsp3) is 0.273. The van der Waals surface area contributed by atoms with Gasteiger partial charge in [-0.2, -0.15) is 5.26 Å². The Morgan fingerprint density at radius 1 is 1.62 bits per heavy atom. The quantitative estimate of drug-likeness (QED) is 0.602. The van der Waals surface area contributed by atoms with Gasteiger partial charge in [0.1, 0.15) is 5.82 Å². The second-order valence-corrected chi connectivity index (χ2v) is 3.37. The number of alkyl halides is 1. The van der Waals surface area contributed by atoms with Gasteiger partial charge < -0.3 is 4.74 Å². The first-order valence-electron chi connectivity index (χ1n) is 4.46. The second kappa shape index (κ2) is 5.47. The zero-order chi connectivity index (χ0) is 12.1. The minimum absolute atomic E-state index is 0.0446. The average molecular weight is 242 g/mol. The van der Waals surface area contributed by atoms with Crippen LogP contribution in [0.25, 0.3) is 0 Å². The van der Waals surface area contributed by atoms with Crippen LogP contribution in [-0.4, -0.2) is 13.1 Å². The molecular weight excluding hydrogens is 233 g/mol. The van der Waals surface area contributed by atoms with Crippen molar-refractivity contribution >= 4 is 17.6 Å². The highest BCUT2D eigenvalue weighted by atomic mass is 35.5. The Morgan fingerprint density at radius 3 is 2.81 bits per heavy atom. The number of methoxy groups -OCH3 is 1. The predicted octanol–water partition coefficient (Wildman–Crippen LogP) is 2.15. The highest BCUT2D eigenvalue weighted by molar-refractivity contribution is 6.17. The molecule has 0 atom stereocenters. The molecule has 0 bridgehead atoms. The average Bonchev–Trinajstić information content (AvgIpc) is 2.30. The summed E-state index contributed by atoms with van der Waals surface area (Å²) in [6, 6.07) is 4.52. The molecule has 0 heterocycles. The van der Waals surface area contributed by atoms with Crippen molar-refractivity contribution in [2.75, 3.05) is 7.11 Å². The van der Waals surface area contributed by atoms with Crippen molar-refractivity contribution in [3.8, 4) is 6.07 Å². The number of ether oxygens (including phenoxy) is 1. The first-order chi connectivity index (χ1) is 7.62. The van der Waals surface area contributed by atoms with Crippen LogP contribution in [0.3, 0.4) is 0 Å². The molecule has 0 saturated carbocycles. The van der Waals surface area contributed by atoms with Crippen LogP contribution in [0.15, 0.2) is 12.1 Å². The van der Waals surface area contributed by atoms with Crippen molar-refractivity contribution in [3.63, 3.8) is 0 Å². The number of halogens is 2. The van der Waals surface area contributed by atoms with E-state index < -0.39 is 11.8 Å². The summed E-state index contributed by atoms with van der Waals surface area (Å²) in [5.41, 5.74) is 0.661. The second-order valence-electron chi connectivity index (χ2n) is 3.10. The smallest absolute Gasteiger partial charge is 0.310 e. The number of rotatable bonds is 3. The molecule has 3 nitrogen and oxygen atoms in total. The van der Waals surface area contributed by atoms with E-state index in [1.807, 2.05) is 6.07 Å². The lowest BCUT2D eigenvalue weighted by molar-refractivity contribution is -0.139. The highest BCUT2D eigenvalue weighted by Crippen LogP contribution is 2.18. The minimum atomic E-state index is -0.611. The Labute approximate surface area is 97.4 Å². The minimum Gasteiger partial charge on any atom is -0.469 e. The number of benzene rings is 1. The van der Waals surface area contributed by atoms with Gasteiger partial charge in [-0.25, -0.2) is 4.39 Å². The topological polar surface area (TPSA) is 50.1 Å². The van der Waals surface area contributed by atoms with Crippen molar-refractivity contribution in [1.82, 2.24) is 0 Å². The molecule has 5 heteroatoms. The van der Waals surface area contributed by atoms with E-state index in [1.54, 1.807) is 0 Å². The first kappa shape index (κ1) is 12.5. The summed E-state index contributed by atoms with van der Waals surface area (Å²) in [5, 5.41) is 8.84. The van der Waals surface area contributed by atoms with E-state index in [1.165, 1.54) is 19.2 Å². The van der Waals surface area contributed by atoms with Crippen LogP contribution in [0.4, 0.5) is 4.39 Å². The summed E-state index contributed by atoms with van der Waals surface area (Å²) in [7, 11) is 1.21. The van der Waals surface area contributed by atoms with Crippen LogP contribution >= 0.6 is 11.6 Å². The van der Waals surface area contributed by atoms with Crippen LogP contribution in [-0.2, 0) is 21.8 Å². The normalized spacial score (nSPS) is 9.62. The van der Waals surface area contributed by atoms with E-state index in [-0.39, 0.29) is 23.4 Å².